The molecule has 1 N–H and O–H groups in total. The van der Waals surface area contributed by atoms with Gasteiger partial charge in [-0.15, -0.1) is 11.3 Å². The quantitative estimate of drug-likeness (QED) is 0.574. The number of benzene rings is 1. The minimum absolute atomic E-state index is 0.0939. The number of aromatic nitrogens is 1. The van der Waals surface area contributed by atoms with Crippen molar-refractivity contribution in [3.63, 3.8) is 0 Å². The molecule has 2 aliphatic rings. The van der Waals surface area contributed by atoms with Crippen LogP contribution in [0.5, 0.6) is 0 Å². The molecular formula is C26H30FN3O2S. The third kappa shape index (κ3) is 3.76. The van der Waals surface area contributed by atoms with Gasteiger partial charge in [0.15, 0.2) is 0 Å². The van der Waals surface area contributed by atoms with E-state index in [2.05, 4.69) is 19.2 Å². The molecule has 5 nitrogen and oxygen atoms in total. The minimum Gasteiger partial charge on any atom is -0.351 e. The summed E-state index contributed by atoms with van der Waals surface area (Å²) in [5, 5.41) is 5.31. The number of fused-ring (bicyclic) bond motifs is 3. The zero-order valence-corrected chi connectivity index (χ0v) is 20.1. The van der Waals surface area contributed by atoms with E-state index in [0.29, 0.717) is 29.6 Å². The predicted octanol–water partition coefficient (Wildman–Crippen LogP) is 5.20. The second kappa shape index (κ2) is 8.28. The van der Waals surface area contributed by atoms with Crippen molar-refractivity contribution in [2.24, 2.45) is 11.8 Å². The number of carbonyl (C=O) groups is 2. The standard InChI is InChI=1S/C26H30FN3O2S/c1-16-6-4-9-20(17(16)2)28-25(32)26(3)15-29-21-10-11-33-23(21)13-22(29)24(31)30(26)14-18-7-5-8-19(27)12-18/h5,7-8,10-13,16-17,20H,4,6,9,14-15H2,1-3H3,(H,28,32). The molecule has 0 radical (unpaired) electrons. The second-order valence-electron chi connectivity index (χ2n) is 9.93. The Labute approximate surface area is 197 Å². The van der Waals surface area contributed by atoms with Gasteiger partial charge in [-0.1, -0.05) is 38.8 Å². The van der Waals surface area contributed by atoms with Crippen LogP contribution in [0, 0.1) is 17.7 Å². The summed E-state index contributed by atoms with van der Waals surface area (Å²) in [4.78, 5) is 29.2. The summed E-state index contributed by atoms with van der Waals surface area (Å²) in [6.07, 6.45) is 3.23. The van der Waals surface area contributed by atoms with Crippen LogP contribution < -0.4 is 5.32 Å². The number of rotatable bonds is 4. The van der Waals surface area contributed by atoms with Crippen LogP contribution in [0.4, 0.5) is 4.39 Å². The third-order valence-corrected chi connectivity index (χ3v) is 8.64. The maximum absolute atomic E-state index is 13.9. The van der Waals surface area contributed by atoms with E-state index in [1.165, 1.54) is 18.6 Å². The van der Waals surface area contributed by atoms with Gasteiger partial charge in [0.2, 0.25) is 5.91 Å². The van der Waals surface area contributed by atoms with Crippen molar-refractivity contribution in [1.82, 2.24) is 14.8 Å². The first-order chi connectivity index (χ1) is 15.8. The van der Waals surface area contributed by atoms with Crippen LogP contribution in [0.3, 0.4) is 0 Å². The van der Waals surface area contributed by atoms with Gasteiger partial charge in [-0.05, 0) is 60.4 Å². The van der Waals surface area contributed by atoms with Gasteiger partial charge in [0.1, 0.15) is 17.1 Å². The van der Waals surface area contributed by atoms with E-state index in [1.807, 2.05) is 29.0 Å². The highest BCUT2D eigenvalue weighted by Gasteiger charge is 2.48. The molecule has 1 fully saturated rings. The van der Waals surface area contributed by atoms with E-state index in [4.69, 9.17) is 0 Å². The zero-order chi connectivity index (χ0) is 23.3. The Balaban J connectivity index is 1.53. The third-order valence-electron chi connectivity index (χ3n) is 7.79. The monoisotopic (exact) mass is 467 g/mol. The topological polar surface area (TPSA) is 54.3 Å². The molecule has 4 unspecified atom stereocenters. The maximum Gasteiger partial charge on any atom is 0.271 e. The van der Waals surface area contributed by atoms with Crippen LogP contribution in [-0.4, -0.2) is 32.9 Å². The van der Waals surface area contributed by atoms with Gasteiger partial charge in [-0.2, -0.15) is 0 Å². The summed E-state index contributed by atoms with van der Waals surface area (Å²) < 4.78 is 16.9. The first kappa shape index (κ1) is 22.1. The van der Waals surface area contributed by atoms with Crippen molar-refractivity contribution >= 4 is 33.4 Å². The van der Waals surface area contributed by atoms with Crippen molar-refractivity contribution < 1.29 is 14.0 Å². The summed E-state index contributed by atoms with van der Waals surface area (Å²) in [7, 11) is 0. The number of hydrogen-bond donors (Lipinski definition) is 1. The number of carbonyl (C=O) groups excluding carboxylic acids is 2. The molecular weight excluding hydrogens is 437 g/mol. The van der Waals surface area contributed by atoms with Gasteiger partial charge in [-0.25, -0.2) is 4.39 Å². The second-order valence-corrected chi connectivity index (χ2v) is 10.9. The van der Waals surface area contributed by atoms with Crippen LogP contribution in [0.1, 0.15) is 56.1 Å². The highest BCUT2D eigenvalue weighted by molar-refractivity contribution is 7.17. The van der Waals surface area contributed by atoms with Crippen LogP contribution in [-0.2, 0) is 17.9 Å². The van der Waals surface area contributed by atoms with E-state index < -0.39 is 5.54 Å². The number of nitrogens with zero attached hydrogens (tertiary/aromatic N) is 2. The Morgan fingerprint density at radius 1 is 1.24 bits per heavy atom. The van der Waals surface area contributed by atoms with E-state index in [9.17, 15) is 14.0 Å². The average molecular weight is 468 g/mol. The first-order valence-electron chi connectivity index (χ1n) is 11.7. The fraction of sp³-hybridized carbons (Fsp3) is 0.462. The molecule has 1 aromatic carbocycles. The molecule has 0 bridgehead atoms. The van der Waals surface area contributed by atoms with Gasteiger partial charge < -0.3 is 14.8 Å². The van der Waals surface area contributed by atoms with E-state index in [1.54, 1.807) is 28.4 Å². The molecule has 3 aromatic rings. The maximum atomic E-state index is 13.9. The van der Waals surface area contributed by atoms with Crippen LogP contribution in [0.15, 0.2) is 41.8 Å². The van der Waals surface area contributed by atoms with Crippen molar-refractivity contribution in [3.8, 4) is 0 Å². The van der Waals surface area contributed by atoms with Crippen molar-refractivity contribution in [3.05, 3.63) is 58.9 Å². The molecule has 1 aliphatic carbocycles. The Morgan fingerprint density at radius 3 is 2.85 bits per heavy atom. The highest BCUT2D eigenvalue weighted by Crippen LogP contribution is 2.36. The van der Waals surface area contributed by atoms with Crippen molar-refractivity contribution in [1.29, 1.82) is 0 Å². The normalized spacial score (nSPS) is 27.6. The molecule has 174 valence electrons. The highest BCUT2D eigenvalue weighted by atomic mass is 32.1. The summed E-state index contributed by atoms with van der Waals surface area (Å²) in [5.41, 5.74) is 1.14. The Hall–Kier alpha value is -2.67. The van der Waals surface area contributed by atoms with Crippen molar-refractivity contribution in [2.45, 2.75) is 64.7 Å². The minimum atomic E-state index is -1.09. The lowest BCUT2D eigenvalue weighted by atomic mass is 9.77. The molecule has 0 spiro atoms. The molecule has 7 heteroatoms. The lowest BCUT2D eigenvalue weighted by Crippen LogP contribution is -2.65. The average Bonchev–Trinajstić information content (AvgIpc) is 3.37. The predicted molar refractivity (Wildman–Crippen MR) is 129 cm³/mol. The molecule has 2 amide bonds. The SMILES string of the molecule is CC1CCCC(NC(=O)C2(C)Cn3c(cc4sccc43)C(=O)N2Cc2cccc(F)c2)C1C. The molecule has 3 heterocycles. The van der Waals surface area contributed by atoms with Gasteiger partial charge in [0.25, 0.3) is 5.91 Å². The smallest absolute Gasteiger partial charge is 0.271 e. The van der Waals surface area contributed by atoms with Gasteiger partial charge in [0.05, 0.1) is 16.8 Å². The molecule has 5 rings (SSSR count). The van der Waals surface area contributed by atoms with Crippen LogP contribution in [0.25, 0.3) is 10.2 Å². The van der Waals surface area contributed by atoms with Crippen LogP contribution in [0.2, 0.25) is 0 Å². The molecule has 1 aliphatic heterocycles. The Bertz CT molecular complexity index is 1220. The van der Waals surface area contributed by atoms with E-state index >= 15 is 0 Å². The van der Waals surface area contributed by atoms with Gasteiger partial charge >= 0.3 is 0 Å². The number of hydrogen-bond acceptors (Lipinski definition) is 3. The zero-order valence-electron chi connectivity index (χ0n) is 19.3. The molecule has 2 aromatic heterocycles. The van der Waals surface area contributed by atoms with E-state index in [-0.39, 0.29) is 30.2 Å². The molecule has 0 saturated heterocycles. The number of nitrogens with one attached hydrogen (secondary N) is 1. The lowest BCUT2D eigenvalue weighted by Gasteiger charge is -2.45. The summed E-state index contributed by atoms with van der Waals surface area (Å²) in [6.45, 7) is 6.83. The van der Waals surface area contributed by atoms with Gasteiger partial charge in [0, 0.05) is 12.6 Å². The lowest BCUT2D eigenvalue weighted by molar-refractivity contribution is -0.134. The first-order valence-corrected chi connectivity index (χ1v) is 12.6. The summed E-state index contributed by atoms with van der Waals surface area (Å²) in [6, 6.07) is 10.3. The molecule has 1 saturated carbocycles. The number of amides is 2. The number of halogens is 1. The summed E-state index contributed by atoms with van der Waals surface area (Å²) >= 11 is 1.59. The molecule has 33 heavy (non-hydrogen) atoms. The largest absolute Gasteiger partial charge is 0.351 e. The Morgan fingerprint density at radius 2 is 2.06 bits per heavy atom. The fourth-order valence-electron chi connectivity index (χ4n) is 5.45. The van der Waals surface area contributed by atoms with Gasteiger partial charge in [-0.3, -0.25) is 9.59 Å². The summed E-state index contributed by atoms with van der Waals surface area (Å²) in [5.74, 6) is 0.247. The fourth-order valence-corrected chi connectivity index (χ4v) is 6.27. The van der Waals surface area contributed by atoms with Crippen LogP contribution >= 0.6 is 11.3 Å². The van der Waals surface area contributed by atoms with E-state index in [0.717, 1.165) is 23.1 Å². The van der Waals surface area contributed by atoms with Crippen molar-refractivity contribution in [2.75, 3.05) is 0 Å². The molecule has 4 atom stereocenters. The number of thiophene rings is 1. The Kier molecular flexibility index (Phi) is 5.55.